The molecule has 2 heterocycles. The van der Waals surface area contributed by atoms with Crippen molar-refractivity contribution in [1.29, 1.82) is 0 Å². The predicted octanol–water partition coefficient (Wildman–Crippen LogP) is 5.14. The van der Waals surface area contributed by atoms with Crippen LogP contribution < -0.4 is 4.74 Å². The van der Waals surface area contributed by atoms with Gasteiger partial charge in [0, 0.05) is 18.0 Å². The van der Waals surface area contributed by atoms with Gasteiger partial charge in [0.2, 0.25) is 0 Å². The molecule has 0 unspecified atom stereocenters. The molecule has 140 valence electrons. The molecule has 2 aromatic heterocycles. The van der Waals surface area contributed by atoms with Gasteiger partial charge in [-0.15, -0.1) is 5.10 Å². The van der Waals surface area contributed by atoms with Crippen molar-refractivity contribution in [2.45, 2.75) is 6.18 Å². The number of hydrogen-bond donors (Lipinski definition) is 0. The van der Waals surface area contributed by atoms with Crippen LogP contribution in [0.25, 0.3) is 17.1 Å². The van der Waals surface area contributed by atoms with Crippen molar-refractivity contribution in [3.05, 3.63) is 84.7 Å². The lowest BCUT2D eigenvalue weighted by Gasteiger charge is -2.12. The van der Waals surface area contributed by atoms with Gasteiger partial charge in [-0.3, -0.25) is 4.98 Å². The van der Waals surface area contributed by atoms with Crippen molar-refractivity contribution in [3.63, 3.8) is 0 Å². The summed E-state index contributed by atoms with van der Waals surface area (Å²) in [5, 5.41) is 8.21. The Morgan fingerprint density at radius 3 is 2.29 bits per heavy atom. The Kier molecular flexibility index (Phi) is 4.52. The molecule has 28 heavy (non-hydrogen) atoms. The molecule has 0 saturated heterocycles. The van der Waals surface area contributed by atoms with Crippen molar-refractivity contribution in [2.24, 2.45) is 0 Å². The molecule has 0 amide bonds. The molecule has 2 aromatic carbocycles. The number of aromatic nitrogens is 4. The highest BCUT2D eigenvalue weighted by molar-refractivity contribution is 5.58. The molecule has 0 aliphatic rings. The van der Waals surface area contributed by atoms with E-state index in [0.29, 0.717) is 11.5 Å². The van der Waals surface area contributed by atoms with Crippen molar-refractivity contribution < 1.29 is 17.9 Å². The van der Waals surface area contributed by atoms with E-state index in [4.69, 9.17) is 4.74 Å². The van der Waals surface area contributed by atoms with E-state index in [1.54, 1.807) is 29.1 Å². The Morgan fingerprint density at radius 2 is 1.57 bits per heavy atom. The number of ether oxygens (including phenoxy) is 1. The lowest BCUT2D eigenvalue weighted by Crippen LogP contribution is -2.05. The smallest absolute Gasteiger partial charge is 0.416 e. The van der Waals surface area contributed by atoms with Crippen molar-refractivity contribution in [3.8, 4) is 28.8 Å². The summed E-state index contributed by atoms with van der Waals surface area (Å²) in [7, 11) is 0. The van der Waals surface area contributed by atoms with E-state index >= 15 is 0 Å². The zero-order chi connectivity index (χ0) is 19.6. The first kappa shape index (κ1) is 17.7. The van der Waals surface area contributed by atoms with Crippen LogP contribution in [0.4, 0.5) is 13.2 Å². The van der Waals surface area contributed by atoms with Crippen LogP contribution in [0.3, 0.4) is 0 Å². The monoisotopic (exact) mass is 382 g/mol. The number of rotatable bonds is 4. The highest BCUT2D eigenvalue weighted by Gasteiger charge is 2.31. The molecule has 0 atom stereocenters. The first-order valence-corrected chi connectivity index (χ1v) is 8.29. The lowest BCUT2D eigenvalue weighted by atomic mass is 10.2. The molecule has 0 saturated carbocycles. The Morgan fingerprint density at radius 1 is 0.821 bits per heavy atom. The average Bonchev–Trinajstić information content (AvgIpc) is 3.12. The summed E-state index contributed by atoms with van der Waals surface area (Å²) < 4.78 is 46.3. The summed E-state index contributed by atoms with van der Waals surface area (Å²) in [5.74, 6) is 0.497. The fourth-order valence-electron chi connectivity index (χ4n) is 2.68. The normalized spacial score (nSPS) is 11.4. The van der Waals surface area contributed by atoms with Crippen LogP contribution in [0.2, 0.25) is 0 Å². The molecule has 0 spiro atoms. The van der Waals surface area contributed by atoms with E-state index in [2.05, 4.69) is 15.2 Å². The predicted molar refractivity (Wildman–Crippen MR) is 96.1 cm³/mol. The third kappa shape index (κ3) is 3.57. The second kappa shape index (κ2) is 7.15. The Labute approximate surface area is 158 Å². The van der Waals surface area contributed by atoms with Gasteiger partial charge in [-0.1, -0.05) is 29.4 Å². The molecule has 0 N–H and O–H groups in total. The van der Waals surface area contributed by atoms with Gasteiger partial charge in [0.1, 0.15) is 5.75 Å². The van der Waals surface area contributed by atoms with Crippen molar-refractivity contribution >= 4 is 0 Å². The minimum Gasteiger partial charge on any atom is -0.424 e. The van der Waals surface area contributed by atoms with Gasteiger partial charge in [-0.25, -0.2) is 4.57 Å². The fourth-order valence-corrected chi connectivity index (χ4v) is 2.68. The number of halogens is 3. The van der Waals surface area contributed by atoms with Crippen molar-refractivity contribution in [2.75, 3.05) is 0 Å². The second-order valence-corrected chi connectivity index (χ2v) is 5.84. The van der Waals surface area contributed by atoms with Crippen LogP contribution in [0.5, 0.6) is 11.8 Å². The minimum atomic E-state index is -4.46. The molecule has 0 aliphatic heterocycles. The topological polar surface area (TPSA) is 52.8 Å². The summed E-state index contributed by atoms with van der Waals surface area (Å²) in [5.41, 5.74) is 0.650. The number of nitrogens with zero attached hydrogens (tertiary/aromatic N) is 4. The Hall–Kier alpha value is -3.68. The van der Waals surface area contributed by atoms with Crippen LogP contribution in [0.15, 0.2) is 79.1 Å². The lowest BCUT2D eigenvalue weighted by molar-refractivity contribution is -0.137. The van der Waals surface area contributed by atoms with Gasteiger partial charge in [0.25, 0.3) is 0 Å². The van der Waals surface area contributed by atoms with Crippen LogP contribution in [0, 0.1) is 0 Å². The van der Waals surface area contributed by atoms with E-state index in [1.807, 2.05) is 30.3 Å². The van der Waals surface area contributed by atoms with Crippen molar-refractivity contribution in [1.82, 2.24) is 19.7 Å². The molecule has 0 radical (unpaired) electrons. The maximum Gasteiger partial charge on any atom is 0.416 e. The Balaban J connectivity index is 1.79. The Bertz CT molecular complexity index is 1080. The summed E-state index contributed by atoms with van der Waals surface area (Å²) in [6.45, 7) is 0. The van der Waals surface area contributed by atoms with Gasteiger partial charge in [-0.2, -0.15) is 13.2 Å². The maximum atomic E-state index is 13.0. The standard InChI is InChI=1S/C20H13F3N4O/c21-20(22,23)15-5-4-8-17(13-15)28-19-26-25-18(14-9-11-24-12-10-14)27(19)16-6-2-1-3-7-16/h1-13H. The van der Waals surface area contributed by atoms with Crippen LogP contribution in [-0.2, 0) is 6.18 Å². The van der Waals surface area contributed by atoms with E-state index < -0.39 is 11.7 Å². The van der Waals surface area contributed by atoms with Gasteiger partial charge in [-0.05, 0) is 42.5 Å². The quantitative estimate of drug-likeness (QED) is 0.490. The highest BCUT2D eigenvalue weighted by Crippen LogP contribution is 2.34. The van der Waals surface area contributed by atoms with E-state index in [1.165, 1.54) is 12.1 Å². The highest BCUT2D eigenvalue weighted by atomic mass is 19.4. The molecular weight excluding hydrogens is 369 g/mol. The fraction of sp³-hybridized carbons (Fsp3) is 0.0500. The van der Waals surface area contributed by atoms with Crippen LogP contribution in [-0.4, -0.2) is 19.7 Å². The molecule has 5 nitrogen and oxygen atoms in total. The zero-order valence-corrected chi connectivity index (χ0v) is 14.3. The van der Waals surface area contributed by atoms with Crippen LogP contribution in [0.1, 0.15) is 5.56 Å². The van der Waals surface area contributed by atoms with Crippen LogP contribution >= 0.6 is 0 Å². The SMILES string of the molecule is FC(F)(F)c1cccc(Oc2nnc(-c3ccncc3)n2-c2ccccc2)c1. The summed E-state index contributed by atoms with van der Waals surface area (Å²) in [6, 6.07) is 17.4. The first-order valence-electron chi connectivity index (χ1n) is 8.29. The molecule has 8 heteroatoms. The minimum absolute atomic E-state index is 0.0145. The zero-order valence-electron chi connectivity index (χ0n) is 14.3. The second-order valence-electron chi connectivity index (χ2n) is 5.84. The molecular formula is C20H13F3N4O. The largest absolute Gasteiger partial charge is 0.424 e. The van der Waals surface area contributed by atoms with E-state index in [9.17, 15) is 13.2 Å². The van der Waals surface area contributed by atoms with Gasteiger partial charge >= 0.3 is 12.2 Å². The molecule has 0 fully saturated rings. The number of pyridine rings is 1. The molecule has 0 aliphatic carbocycles. The van der Waals surface area contributed by atoms with Gasteiger partial charge in [0.05, 0.1) is 11.3 Å². The van der Waals surface area contributed by atoms with E-state index in [-0.39, 0.29) is 11.8 Å². The summed E-state index contributed by atoms with van der Waals surface area (Å²) in [6.07, 6.45) is -1.23. The van der Waals surface area contributed by atoms with Gasteiger partial charge < -0.3 is 4.74 Å². The van der Waals surface area contributed by atoms with Gasteiger partial charge in [0.15, 0.2) is 5.82 Å². The number of para-hydroxylation sites is 1. The number of benzene rings is 2. The summed E-state index contributed by atoms with van der Waals surface area (Å²) >= 11 is 0. The number of alkyl halides is 3. The van der Waals surface area contributed by atoms with E-state index in [0.717, 1.165) is 17.7 Å². The third-order valence-electron chi connectivity index (χ3n) is 3.96. The molecule has 4 aromatic rings. The summed E-state index contributed by atoms with van der Waals surface area (Å²) in [4.78, 5) is 3.99. The third-order valence-corrected chi connectivity index (χ3v) is 3.96. The number of hydrogen-bond acceptors (Lipinski definition) is 4. The maximum absolute atomic E-state index is 13.0. The average molecular weight is 382 g/mol. The first-order chi connectivity index (χ1) is 13.5. The molecule has 4 rings (SSSR count). The molecule has 0 bridgehead atoms.